The third kappa shape index (κ3) is 9.61. The van der Waals surface area contributed by atoms with E-state index in [2.05, 4.69) is 20.9 Å². The molecule has 1 aliphatic rings. The second kappa shape index (κ2) is 16.0. The third-order valence-corrected chi connectivity index (χ3v) is 8.59. The molecule has 0 radical (unpaired) electrons. The second-order valence-corrected chi connectivity index (χ2v) is 12.8. The number of hydrogen-bond donors (Lipinski definition) is 5. The Morgan fingerprint density at radius 3 is 2.16 bits per heavy atom. The van der Waals surface area contributed by atoms with Gasteiger partial charge in [-0.15, -0.1) is 0 Å². The van der Waals surface area contributed by atoms with Crippen molar-refractivity contribution >= 4 is 57.9 Å². The summed E-state index contributed by atoms with van der Waals surface area (Å²) in [5.41, 5.74) is 2.13. The number of aromatic nitrogens is 1. The van der Waals surface area contributed by atoms with E-state index in [4.69, 9.17) is 23.2 Å². The third-order valence-electron chi connectivity index (χ3n) is 8.00. The molecule has 4 rings (SSSR count). The van der Waals surface area contributed by atoms with E-state index in [0.717, 1.165) is 42.1 Å². The quantitative estimate of drug-likeness (QED) is 0.179. The van der Waals surface area contributed by atoms with Gasteiger partial charge < -0.3 is 30.9 Å². The van der Waals surface area contributed by atoms with Crippen LogP contribution in [0.5, 0.6) is 0 Å². The summed E-state index contributed by atoms with van der Waals surface area (Å²) in [7, 11) is 0. The van der Waals surface area contributed by atoms with Crippen LogP contribution < -0.4 is 16.0 Å². The number of nitrogens with zero attached hydrogens (tertiary/aromatic N) is 1. The molecule has 0 unspecified atom stereocenters. The fourth-order valence-electron chi connectivity index (χ4n) is 5.60. The molecule has 10 nitrogen and oxygen atoms in total. The minimum absolute atomic E-state index is 0.0755. The van der Waals surface area contributed by atoms with E-state index in [1.807, 2.05) is 38.1 Å². The van der Waals surface area contributed by atoms with Crippen LogP contribution in [0.3, 0.4) is 0 Å². The number of amides is 4. The largest absolute Gasteiger partial charge is 0.480 e. The van der Waals surface area contributed by atoms with Gasteiger partial charge in [0.25, 0.3) is 0 Å². The highest BCUT2D eigenvalue weighted by Crippen LogP contribution is 2.23. The molecule has 1 saturated heterocycles. The number of urea groups is 1. The molecule has 0 spiro atoms. The number of aliphatic carboxylic acids is 1. The monoisotopic (exact) mass is 657 g/mol. The Morgan fingerprint density at radius 2 is 1.49 bits per heavy atom. The maximum Gasteiger partial charge on any atom is 0.326 e. The van der Waals surface area contributed by atoms with Crippen molar-refractivity contribution in [3.05, 3.63) is 69.8 Å². The SMILES string of the molecule is CC(C)C[C@H](NC(=O)N1CCCCCC1)C(=O)N[C@H](Cc1c[nH]c2ccccc12)C(=O)N[C@H](Cc1ccc(Cl)cc1Cl)C(=O)O. The van der Waals surface area contributed by atoms with Gasteiger partial charge in [-0.1, -0.05) is 74.2 Å². The molecule has 2 heterocycles. The van der Waals surface area contributed by atoms with Crippen molar-refractivity contribution in [2.75, 3.05) is 13.1 Å². The van der Waals surface area contributed by atoms with E-state index in [1.54, 1.807) is 23.2 Å². The summed E-state index contributed by atoms with van der Waals surface area (Å²) >= 11 is 12.3. The number of para-hydroxylation sites is 1. The van der Waals surface area contributed by atoms with E-state index >= 15 is 0 Å². The van der Waals surface area contributed by atoms with Crippen LogP contribution >= 0.6 is 23.2 Å². The maximum absolute atomic E-state index is 13.8. The topological polar surface area (TPSA) is 144 Å². The molecule has 0 aliphatic carbocycles. The van der Waals surface area contributed by atoms with E-state index in [1.165, 1.54) is 6.07 Å². The van der Waals surface area contributed by atoms with Gasteiger partial charge in [-0.05, 0) is 54.5 Å². The Hall–Kier alpha value is -3.76. The van der Waals surface area contributed by atoms with Crippen molar-refractivity contribution in [1.29, 1.82) is 0 Å². The number of aromatic amines is 1. The number of halogens is 2. The van der Waals surface area contributed by atoms with Gasteiger partial charge in [0.15, 0.2) is 0 Å². The van der Waals surface area contributed by atoms with Crippen LogP contribution in [-0.2, 0) is 27.2 Å². The number of likely N-dealkylation sites (tertiary alicyclic amines) is 1. The van der Waals surface area contributed by atoms with Gasteiger partial charge >= 0.3 is 12.0 Å². The molecule has 242 valence electrons. The highest BCUT2D eigenvalue weighted by molar-refractivity contribution is 6.35. The minimum atomic E-state index is -1.33. The molecule has 5 N–H and O–H groups in total. The van der Waals surface area contributed by atoms with Crippen molar-refractivity contribution in [3.63, 3.8) is 0 Å². The lowest BCUT2D eigenvalue weighted by molar-refractivity contribution is -0.142. The Morgan fingerprint density at radius 1 is 0.844 bits per heavy atom. The van der Waals surface area contributed by atoms with Crippen LogP contribution in [0.15, 0.2) is 48.7 Å². The smallest absolute Gasteiger partial charge is 0.326 e. The predicted molar refractivity (Wildman–Crippen MR) is 175 cm³/mol. The van der Waals surface area contributed by atoms with Gasteiger partial charge in [-0.3, -0.25) is 9.59 Å². The standard InChI is InChI=1S/C33H41Cl2N5O5/c1-20(2)15-27(39-33(45)40-13-7-3-4-8-14-40)30(41)37-28(17-22-19-36-26-10-6-5-9-24(22)26)31(42)38-29(32(43)44)16-21-11-12-23(34)18-25(21)35/h5-6,9-12,18-20,27-29,36H,3-4,7-8,13-17H2,1-2H3,(H,37,41)(H,38,42)(H,39,45)(H,43,44)/t27-,28+,29+/m0/s1. The summed E-state index contributed by atoms with van der Waals surface area (Å²) in [5, 5.41) is 19.9. The van der Waals surface area contributed by atoms with Gasteiger partial charge in [0.05, 0.1) is 0 Å². The number of carbonyl (C=O) groups is 4. The Labute approximate surface area is 273 Å². The Kier molecular flexibility index (Phi) is 12.1. The van der Waals surface area contributed by atoms with Crippen molar-refractivity contribution in [2.24, 2.45) is 5.92 Å². The highest BCUT2D eigenvalue weighted by Gasteiger charge is 2.32. The average Bonchev–Trinajstić information content (AvgIpc) is 3.19. The van der Waals surface area contributed by atoms with E-state index in [9.17, 15) is 24.3 Å². The molecule has 4 amide bonds. The first kappa shape index (κ1) is 34.1. The molecule has 2 aromatic carbocycles. The first-order valence-electron chi connectivity index (χ1n) is 15.4. The fourth-order valence-corrected chi connectivity index (χ4v) is 6.08. The number of carboxylic acids is 1. The molecule has 12 heteroatoms. The summed E-state index contributed by atoms with van der Waals surface area (Å²) in [6.45, 7) is 5.16. The van der Waals surface area contributed by atoms with Crippen LogP contribution in [0.2, 0.25) is 10.0 Å². The van der Waals surface area contributed by atoms with E-state index in [0.29, 0.717) is 30.1 Å². The summed E-state index contributed by atoms with van der Waals surface area (Å²) in [5.74, 6) is -2.37. The Balaban J connectivity index is 1.57. The molecule has 1 aliphatic heterocycles. The van der Waals surface area contributed by atoms with Crippen LogP contribution in [-0.4, -0.2) is 70.0 Å². The summed E-state index contributed by atoms with van der Waals surface area (Å²) in [4.78, 5) is 57.9. The lowest BCUT2D eigenvalue weighted by atomic mass is 10.00. The molecule has 0 saturated carbocycles. The summed E-state index contributed by atoms with van der Waals surface area (Å²) < 4.78 is 0. The van der Waals surface area contributed by atoms with Crippen LogP contribution in [0.1, 0.15) is 57.1 Å². The zero-order valence-electron chi connectivity index (χ0n) is 25.6. The van der Waals surface area contributed by atoms with E-state index in [-0.39, 0.29) is 29.8 Å². The molecule has 0 bridgehead atoms. The summed E-state index contributed by atoms with van der Waals surface area (Å²) in [6, 6.07) is 8.63. The zero-order chi connectivity index (χ0) is 32.5. The van der Waals surface area contributed by atoms with Crippen LogP contribution in [0.4, 0.5) is 4.79 Å². The first-order valence-corrected chi connectivity index (χ1v) is 16.1. The molecule has 45 heavy (non-hydrogen) atoms. The van der Waals surface area contributed by atoms with Gasteiger partial charge in [0.1, 0.15) is 18.1 Å². The zero-order valence-corrected chi connectivity index (χ0v) is 27.1. The lowest BCUT2D eigenvalue weighted by Gasteiger charge is -2.28. The predicted octanol–water partition coefficient (Wildman–Crippen LogP) is 5.31. The van der Waals surface area contributed by atoms with Gasteiger partial charge in [-0.2, -0.15) is 0 Å². The van der Waals surface area contributed by atoms with E-state index < -0.39 is 35.9 Å². The fraction of sp³-hybridized carbons (Fsp3) is 0.455. The highest BCUT2D eigenvalue weighted by atomic mass is 35.5. The number of H-pyrrole nitrogens is 1. The number of fused-ring (bicyclic) bond motifs is 1. The molecule has 1 fully saturated rings. The molecule has 3 aromatic rings. The van der Waals surface area contributed by atoms with Crippen molar-refractivity contribution in [2.45, 2.75) is 76.9 Å². The molecule has 3 atom stereocenters. The number of nitrogens with one attached hydrogen (secondary N) is 4. The van der Waals surface area contributed by atoms with Crippen molar-refractivity contribution in [3.8, 4) is 0 Å². The van der Waals surface area contributed by atoms with Crippen molar-refractivity contribution < 1.29 is 24.3 Å². The lowest BCUT2D eigenvalue weighted by Crippen LogP contribution is -2.58. The first-order chi connectivity index (χ1) is 21.5. The molecule has 1 aromatic heterocycles. The second-order valence-electron chi connectivity index (χ2n) is 12.0. The van der Waals surface area contributed by atoms with Crippen LogP contribution in [0.25, 0.3) is 10.9 Å². The minimum Gasteiger partial charge on any atom is -0.480 e. The average molecular weight is 659 g/mol. The Bertz CT molecular complexity index is 1500. The van der Waals surface area contributed by atoms with Gasteiger partial charge in [0, 0.05) is 53.1 Å². The van der Waals surface area contributed by atoms with Crippen LogP contribution in [0, 0.1) is 5.92 Å². The number of hydrogen-bond acceptors (Lipinski definition) is 4. The number of carboxylic acid groups (broad SMARTS) is 1. The number of carbonyl (C=O) groups excluding carboxylic acids is 3. The van der Waals surface area contributed by atoms with Gasteiger partial charge in [-0.25, -0.2) is 9.59 Å². The van der Waals surface area contributed by atoms with Gasteiger partial charge in [0.2, 0.25) is 11.8 Å². The number of rotatable bonds is 12. The molecular formula is C33H41Cl2N5O5. The number of benzene rings is 2. The normalized spacial score (nSPS) is 15.6. The maximum atomic E-state index is 13.8. The summed E-state index contributed by atoms with van der Waals surface area (Å²) in [6.07, 6.45) is 6.07. The molecular weight excluding hydrogens is 617 g/mol. The van der Waals surface area contributed by atoms with Crippen molar-refractivity contribution in [1.82, 2.24) is 25.8 Å².